The van der Waals surface area contributed by atoms with Crippen molar-refractivity contribution in [1.82, 2.24) is 0 Å². The molecule has 0 heterocycles. The van der Waals surface area contributed by atoms with Gasteiger partial charge in [-0.3, -0.25) is 0 Å². The normalized spacial score (nSPS) is 12.9. The van der Waals surface area contributed by atoms with Crippen LogP contribution < -0.4 is 0 Å². The van der Waals surface area contributed by atoms with E-state index in [1.807, 2.05) is 13.0 Å². The monoisotopic (exact) mass is 344 g/mol. The van der Waals surface area contributed by atoms with Crippen LogP contribution in [0.1, 0.15) is 81.7 Å². The standard InChI is InChI=1S/C22H29ClO/c1-7-17-18(13(2)3)22(23)19(14(4)5)20(15(6)24)21(17)16-11-9-8-10-12-16/h8-15,24H,7H2,1-6H3. The minimum Gasteiger partial charge on any atom is -0.389 e. The first-order valence-corrected chi connectivity index (χ1v) is 9.30. The van der Waals surface area contributed by atoms with Crippen molar-refractivity contribution in [1.29, 1.82) is 0 Å². The van der Waals surface area contributed by atoms with E-state index >= 15 is 0 Å². The molecule has 0 radical (unpaired) electrons. The molecule has 2 aromatic carbocycles. The largest absolute Gasteiger partial charge is 0.389 e. The Morgan fingerprint density at radius 3 is 1.83 bits per heavy atom. The summed E-state index contributed by atoms with van der Waals surface area (Å²) in [7, 11) is 0. The highest BCUT2D eigenvalue weighted by Crippen LogP contribution is 2.46. The molecule has 0 saturated heterocycles. The molecular formula is C22H29ClO. The zero-order valence-corrected chi connectivity index (χ0v) is 16.4. The lowest BCUT2D eigenvalue weighted by atomic mass is 9.79. The van der Waals surface area contributed by atoms with Gasteiger partial charge in [0, 0.05) is 5.02 Å². The van der Waals surface area contributed by atoms with Gasteiger partial charge in [0.2, 0.25) is 0 Å². The minimum absolute atomic E-state index is 0.257. The molecule has 0 bridgehead atoms. The summed E-state index contributed by atoms with van der Waals surface area (Å²) in [5, 5.41) is 11.5. The van der Waals surface area contributed by atoms with E-state index in [0.29, 0.717) is 5.92 Å². The maximum atomic E-state index is 10.6. The fourth-order valence-corrected chi connectivity index (χ4v) is 4.38. The van der Waals surface area contributed by atoms with Gasteiger partial charge in [0.1, 0.15) is 0 Å². The number of benzene rings is 2. The highest BCUT2D eigenvalue weighted by molar-refractivity contribution is 6.32. The van der Waals surface area contributed by atoms with E-state index in [1.54, 1.807) is 0 Å². The van der Waals surface area contributed by atoms with E-state index in [4.69, 9.17) is 11.6 Å². The van der Waals surface area contributed by atoms with Crippen molar-refractivity contribution in [2.24, 2.45) is 0 Å². The van der Waals surface area contributed by atoms with E-state index < -0.39 is 6.10 Å². The molecule has 2 heteroatoms. The van der Waals surface area contributed by atoms with Gasteiger partial charge in [0.05, 0.1) is 6.10 Å². The second-order valence-electron chi connectivity index (χ2n) is 7.11. The highest BCUT2D eigenvalue weighted by Gasteiger charge is 2.27. The summed E-state index contributed by atoms with van der Waals surface area (Å²) in [6.45, 7) is 12.7. The Balaban J connectivity index is 3.04. The summed E-state index contributed by atoms with van der Waals surface area (Å²) in [5.41, 5.74) is 6.90. The SMILES string of the molecule is CCc1c(-c2ccccc2)c(C(C)O)c(C(C)C)c(Cl)c1C(C)C. The van der Waals surface area contributed by atoms with Crippen LogP contribution in [0.4, 0.5) is 0 Å². The zero-order valence-electron chi connectivity index (χ0n) is 15.7. The number of hydrogen-bond donors (Lipinski definition) is 1. The average molecular weight is 345 g/mol. The Hall–Kier alpha value is -1.31. The van der Waals surface area contributed by atoms with Crippen molar-refractivity contribution in [3.05, 3.63) is 57.6 Å². The molecule has 0 aliphatic rings. The lowest BCUT2D eigenvalue weighted by Gasteiger charge is -2.29. The first-order valence-electron chi connectivity index (χ1n) is 8.92. The Morgan fingerprint density at radius 1 is 0.875 bits per heavy atom. The highest BCUT2D eigenvalue weighted by atomic mass is 35.5. The summed E-state index contributed by atoms with van der Waals surface area (Å²) < 4.78 is 0. The second kappa shape index (κ2) is 7.72. The molecule has 1 unspecified atom stereocenters. The summed E-state index contributed by atoms with van der Waals surface area (Å²) in [5.74, 6) is 0.600. The Morgan fingerprint density at radius 2 is 1.42 bits per heavy atom. The molecule has 0 aromatic heterocycles. The van der Waals surface area contributed by atoms with Crippen LogP contribution in [0, 0.1) is 0 Å². The molecule has 0 aliphatic heterocycles. The van der Waals surface area contributed by atoms with Crippen molar-refractivity contribution in [2.75, 3.05) is 0 Å². The lowest BCUT2D eigenvalue weighted by Crippen LogP contribution is -2.11. The molecular weight excluding hydrogens is 316 g/mol. The molecule has 0 saturated carbocycles. The number of hydrogen-bond acceptors (Lipinski definition) is 1. The number of aliphatic hydroxyl groups excluding tert-OH is 1. The van der Waals surface area contributed by atoms with Crippen LogP contribution >= 0.6 is 11.6 Å². The van der Waals surface area contributed by atoms with Crippen LogP contribution in [-0.4, -0.2) is 5.11 Å². The van der Waals surface area contributed by atoms with Gasteiger partial charge in [-0.05, 0) is 58.6 Å². The zero-order chi connectivity index (χ0) is 18.0. The predicted octanol–water partition coefficient (Wildman–Crippen LogP) is 6.87. The fraction of sp³-hybridized carbons (Fsp3) is 0.455. The molecule has 1 N–H and O–H groups in total. The Bertz CT molecular complexity index is 700. The van der Waals surface area contributed by atoms with Gasteiger partial charge in [-0.25, -0.2) is 0 Å². The summed E-state index contributed by atoms with van der Waals surface area (Å²) in [6.07, 6.45) is 0.344. The molecule has 1 atom stereocenters. The summed E-state index contributed by atoms with van der Waals surface area (Å²) in [6, 6.07) is 10.4. The third-order valence-electron chi connectivity index (χ3n) is 4.65. The third kappa shape index (κ3) is 3.38. The maximum absolute atomic E-state index is 10.6. The number of rotatable bonds is 5. The van der Waals surface area contributed by atoms with E-state index in [1.165, 1.54) is 16.7 Å². The van der Waals surface area contributed by atoms with Crippen molar-refractivity contribution >= 4 is 11.6 Å². The van der Waals surface area contributed by atoms with Crippen LogP contribution in [0.5, 0.6) is 0 Å². The van der Waals surface area contributed by atoms with Crippen molar-refractivity contribution in [3.8, 4) is 11.1 Å². The van der Waals surface area contributed by atoms with E-state index in [9.17, 15) is 5.11 Å². The summed E-state index contributed by atoms with van der Waals surface area (Å²) >= 11 is 6.88. The first-order chi connectivity index (χ1) is 11.3. The molecule has 2 aromatic rings. The van der Waals surface area contributed by atoms with Gasteiger partial charge in [-0.1, -0.05) is 76.6 Å². The van der Waals surface area contributed by atoms with Crippen molar-refractivity contribution in [2.45, 2.75) is 65.9 Å². The Kier molecular flexibility index (Phi) is 6.11. The van der Waals surface area contributed by atoms with Crippen LogP contribution in [0.15, 0.2) is 30.3 Å². The molecule has 2 rings (SSSR count). The molecule has 0 fully saturated rings. The second-order valence-corrected chi connectivity index (χ2v) is 7.49. The lowest BCUT2D eigenvalue weighted by molar-refractivity contribution is 0.198. The van der Waals surface area contributed by atoms with E-state index in [-0.39, 0.29) is 5.92 Å². The van der Waals surface area contributed by atoms with Crippen LogP contribution in [0.2, 0.25) is 5.02 Å². The quantitative estimate of drug-likeness (QED) is 0.627. The molecule has 1 nitrogen and oxygen atoms in total. The van der Waals surface area contributed by atoms with Gasteiger partial charge in [0.15, 0.2) is 0 Å². The maximum Gasteiger partial charge on any atom is 0.0771 e. The third-order valence-corrected chi connectivity index (χ3v) is 5.06. The van der Waals surface area contributed by atoms with Crippen LogP contribution in [0.3, 0.4) is 0 Å². The van der Waals surface area contributed by atoms with E-state index in [2.05, 4.69) is 58.9 Å². The topological polar surface area (TPSA) is 20.2 Å². The van der Waals surface area contributed by atoms with Gasteiger partial charge < -0.3 is 5.11 Å². The summed E-state index contributed by atoms with van der Waals surface area (Å²) in [4.78, 5) is 0. The Labute approximate surface area is 151 Å². The molecule has 0 spiro atoms. The van der Waals surface area contributed by atoms with Gasteiger partial charge >= 0.3 is 0 Å². The molecule has 130 valence electrons. The van der Waals surface area contributed by atoms with Gasteiger partial charge in [0.25, 0.3) is 0 Å². The van der Waals surface area contributed by atoms with Crippen LogP contribution in [-0.2, 0) is 6.42 Å². The average Bonchev–Trinajstić information content (AvgIpc) is 2.53. The van der Waals surface area contributed by atoms with Crippen LogP contribution in [0.25, 0.3) is 11.1 Å². The fourth-order valence-electron chi connectivity index (χ4n) is 3.73. The molecule has 24 heavy (non-hydrogen) atoms. The van der Waals surface area contributed by atoms with Crippen molar-refractivity contribution < 1.29 is 5.11 Å². The number of halogens is 1. The van der Waals surface area contributed by atoms with Crippen molar-refractivity contribution in [3.63, 3.8) is 0 Å². The smallest absolute Gasteiger partial charge is 0.0771 e. The minimum atomic E-state index is -0.554. The predicted molar refractivity (Wildman–Crippen MR) is 105 cm³/mol. The van der Waals surface area contributed by atoms with Gasteiger partial charge in [-0.2, -0.15) is 0 Å². The number of aliphatic hydroxyl groups is 1. The molecule has 0 amide bonds. The molecule has 0 aliphatic carbocycles. The first kappa shape index (κ1) is 19.0. The van der Waals surface area contributed by atoms with E-state index in [0.717, 1.165) is 28.1 Å². The van der Waals surface area contributed by atoms with Gasteiger partial charge in [-0.15, -0.1) is 0 Å².